The lowest BCUT2D eigenvalue weighted by molar-refractivity contribution is 0.209. The van der Waals surface area contributed by atoms with Gasteiger partial charge in [0.25, 0.3) is 0 Å². The number of aliphatic hydroxyl groups is 1. The molecule has 2 aromatic heterocycles. The Kier molecular flexibility index (Phi) is 3.24. The van der Waals surface area contributed by atoms with Crippen molar-refractivity contribution in [2.45, 2.75) is 26.5 Å². The molecule has 1 atom stereocenters. The molecule has 4 heteroatoms. The van der Waals surface area contributed by atoms with Crippen LogP contribution in [-0.2, 0) is 6.54 Å². The van der Waals surface area contributed by atoms with Gasteiger partial charge >= 0.3 is 0 Å². The van der Waals surface area contributed by atoms with E-state index in [4.69, 9.17) is 0 Å². The van der Waals surface area contributed by atoms with Crippen LogP contribution in [0, 0.1) is 6.92 Å². The third-order valence-corrected chi connectivity index (χ3v) is 3.49. The first-order chi connectivity index (χ1) is 9.70. The highest BCUT2D eigenvalue weighted by Crippen LogP contribution is 2.28. The zero-order valence-corrected chi connectivity index (χ0v) is 11.6. The van der Waals surface area contributed by atoms with E-state index in [9.17, 15) is 5.11 Å². The van der Waals surface area contributed by atoms with Crippen LogP contribution in [0.5, 0.6) is 0 Å². The van der Waals surface area contributed by atoms with Gasteiger partial charge in [-0.3, -0.25) is 9.67 Å². The largest absolute Gasteiger partial charge is 0.382 e. The van der Waals surface area contributed by atoms with Gasteiger partial charge in [-0.05, 0) is 37.6 Å². The smallest absolute Gasteiger partial charge is 0.121 e. The molecule has 4 nitrogen and oxygen atoms in total. The molecule has 0 spiro atoms. The molecule has 0 aliphatic rings. The van der Waals surface area contributed by atoms with Gasteiger partial charge in [-0.1, -0.05) is 18.2 Å². The second kappa shape index (κ2) is 5.06. The zero-order valence-electron chi connectivity index (χ0n) is 11.6. The second-order valence-electron chi connectivity index (χ2n) is 4.85. The van der Waals surface area contributed by atoms with E-state index in [0.29, 0.717) is 0 Å². The number of aryl methyl sites for hydroxylation is 2. The number of aromatic nitrogens is 3. The highest BCUT2D eigenvalue weighted by Gasteiger charge is 2.18. The average Bonchev–Trinajstić information content (AvgIpc) is 2.87. The highest BCUT2D eigenvalue weighted by molar-refractivity contribution is 5.82. The molecule has 0 saturated heterocycles. The summed E-state index contributed by atoms with van der Waals surface area (Å²) >= 11 is 0. The number of pyridine rings is 1. The zero-order chi connectivity index (χ0) is 14.1. The van der Waals surface area contributed by atoms with Gasteiger partial charge in [0.2, 0.25) is 0 Å². The monoisotopic (exact) mass is 267 g/mol. The van der Waals surface area contributed by atoms with Crippen LogP contribution in [0.15, 0.2) is 42.6 Å². The van der Waals surface area contributed by atoms with Gasteiger partial charge < -0.3 is 5.11 Å². The van der Waals surface area contributed by atoms with E-state index in [0.717, 1.165) is 34.4 Å². The van der Waals surface area contributed by atoms with Crippen molar-refractivity contribution < 1.29 is 5.11 Å². The first-order valence-electron chi connectivity index (χ1n) is 6.76. The lowest BCUT2D eigenvalue weighted by atomic mass is 10.0. The van der Waals surface area contributed by atoms with Crippen LogP contribution in [0.1, 0.15) is 30.0 Å². The summed E-state index contributed by atoms with van der Waals surface area (Å²) in [5.74, 6) is 0. The van der Waals surface area contributed by atoms with Crippen LogP contribution in [-0.4, -0.2) is 19.9 Å². The molecular formula is C16H17N3O. The van der Waals surface area contributed by atoms with Crippen LogP contribution >= 0.6 is 0 Å². The molecule has 0 amide bonds. The van der Waals surface area contributed by atoms with Crippen molar-refractivity contribution in [2.24, 2.45) is 0 Å². The lowest BCUT2D eigenvalue weighted by Gasteiger charge is -2.14. The Morgan fingerprint density at radius 3 is 2.90 bits per heavy atom. The van der Waals surface area contributed by atoms with Crippen LogP contribution in [0.4, 0.5) is 0 Å². The fourth-order valence-electron chi connectivity index (χ4n) is 2.56. The van der Waals surface area contributed by atoms with E-state index in [1.54, 1.807) is 6.20 Å². The van der Waals surface area contributed by atoms with E-state index in [1.807, 2.05) is 54.9 Å². The summed E-state index contributed by atoms with van der Waals surface area (Å²) in [4.78, 5) is 4.33. The maximum Gasteiger partial charge on any atom is 0.121 e. The number of fused-ring (bicyclic) bond motifs is 1. The molecule has 2 heterocycles. The van der Waals surface area contributed by atoms with E-state index in [2.05, 4.69) is 10.1 Å². The topological polar surface area (TPSA) is 50.9 Å². The minimum Gasteiger partial charge on any atom is -0.382 e. The predicted octanol–water partition coefficient (Wildman–Crippen LogP) is 2.84. The predicted molar refractivity (Wildman–Crippen MR) is 78.4 cm³/mol. The number of rotatable bonds is 3. The minimum atomic E-state index is -0.691. The van der Waals surface area contributed by atoms with Crippen molar-refractivity contribution in [3.8, 4) is 0 Å². The van der Waals surface area contributed by atoms with Gasteiger partial charge in [0, 0.05) is 18.1 Å². The van der Waals surface area contributed by atoms with Gasteiger partial charge in [0.1, 0.15) is 6.10 Å². The molecule has 3 aromatic rings. The van der Waals surface area contributed by atoms with Crippen molar-refractivity contribution in [3.63, 3.8) is 0 Å². The number of hydrogen-bond acceptors (Lipinski definition) is 3. The van der Waals surface area contributed by atoms with Gasteiger partial charge in [-0.15, -0.1) is 0 Å². The maximum atomic E-state index is 10.7. The number of nitrogens with zero attached hydrogens (tertiary/aromatic N) is 3. The van der Waals surface area contributed by atoms with E-state index in [1.165, 1.54) is 0 Å². The van der Waals surface area contributed by atoms with Gasteiger partial charge in [0.15, 0.2) is 0 Å². The van der Waals surface area contributed by atoms with Crippen LogP contribution in [0.3, 0.4) is 0 Å². The van der Waals surface area contributed by atoms with E-state index in [-0.39, 0.29) is 0 Å². The summed E-state index contributed by atoms with van der Waals surface area (Å²) in [7, 11) is 0. The van der Waals surface area contributed by atoms with Crippen molar-refractivity contribution in [1.29, 1.82) is 0 Å². The van der Waals surface area contributed by atoms with Crippen molar-refractivity contribution in [2.75, 3.05) is 0 Å². The molecule has 0 bridgehead atoms. The Bertz CT molecular complexity index is 743. The number of aliphatic hydroxyl groups excluding tert-OH is 1. The normalized spacial score (nSPS) is 12.8. The van der Waals surface area contributed by atoms with Gasteiger partial charge in [-0.2, -0.15) is 5.10 Å². The molecule has 0 saturated carbocycles. The molecule has 0 aliphatic heterocycles. The highest BCUT2D eigenvalue weighted by atomic mass is 16.3. The van der Waals surface area contributed by atoms with E-state index < -0.39 is 6.10 Å². The van der Waals surface area contributed by atoms with Crippen molar-refractivity contribution in [1.82, 2.24) is 14.8 Å². The average molecular weight is 267 g/mol. The SMILES string of the molecule is CCn1nc(C)cc1C(O)c1cccc2ncccc12. The summed E-state index contributed by atoms with van der Waals surface area (Å²) < 4.78 is 1.84. The molecule has 20 heavy (non-hydrogen) atoms. The Hall–Kier alpha value is -2.20. The van der Waals surface area contributed by atoms with Gasteiger partial charge in [0.05, 0.1) is 16.9 Å². The molecule has 1 N–H and O–H groups in total. The first-order valence-corrected chi connectivity index (χ1v) is 6.76. The summed E-state index contributed by atoms with van der Waals surface area (Å²) in [6, 6.07) is 11.6. The lowest BCUT2D eigenvalue weighted by Crippen LogP contribution is -2.09. The van der Waals surface area contributed by atoms with Crippen LogP contribution < -0.4 is 0 Å². The summed E-state index contributed by atoms with van der Waals surface area (Å²) in [5, 5.41) is 16.1. The van der Waals surface area contributed by atoms with Crippen LogP contribution in [0.25, 0.3) is 10.9 Å². The summed E-state index contributed by atoms with van der Waals surface area (Å²) in [6.45, 7) is 4.70. The Morgan fingerprint density at radius 2 is 2.10 bits per heavy atom. The first kappa shape index (κ1) is 12.8. The van der Waals surface area contributed by atoms with Crippen molar-refractivity contribution >= 4 is 10.9 Å². The fraction of sp³-hybridized carbons (Fsp3) is 0.250. The second-order valence-corrected chi connectivity index (χ2v) is 4.85. The van der Waals surface area contributed by atoms with Crippen LogP contribution in [0.2, 0.25) is 0 Å². The Balaban J connectivity index is 2.15. The summed E-state index contributed by atoms with van der Waals surface area (Å²) in [6.07, 6.45) is 1.07. The summed E-state index contributed by atoms with van der Waals surface area (Å²) in [5.41, 5.74) is 3.49. The molecule has 3 rings (SSSR count). The Labute approximate surface area is 117 Å². The molecular weight excluding hydrogens is 250 g/mol. The quantitative estimate of drug-likeness (QED) is 0.794. The van der Waals surface area contributed by atoms with Gasteiger partial charge in [-0.25, -0.2) is 0 Å². The third-order valence-electron chi connectivity index (χ3n) is 3.49. The Morgan fingerprint density at radius 1 is 1.25 bits per heavy atom. The minimum absolute atomic E-state index is 0.691. The molecule has 1 aromatic carbocycles. The number of hydrogen-bond donors (Lipinski definition) is 1. The maximum absolute atomic E-state index is 10.7. The molecule has 102 valence electrons. The molecule has 1 unspecified atom stereocenters. The van der Waals surface area contributed by atoms with Crippen molar-refractivity contribution in [3.05, 3.63) is 59.5 Å². The fourth-order valence-corrected chi connectivity index (χ4v) is 2.56. The third kappa shape index (κ3) is 2.08. The standard InChI is InChI=1S/C16H17N3O/c1-3-19-15(10-11(2)18-19)16(20)13-6-4-8-14-12(13)7-5-9-17-14/h4-10,16,20H,3H2,1-2H3. The number of benzene rings is 1. The molecule has 0 radical (unpaired) electrons. The molecule has 0 fully saturated rings. The van der Waals surface area contributed by atoms with E-state index >= 15 is 0 Å². The molecule has 0 aliphatic carbocycles.